The van der Waals surface area contributed by atoms with Gasteiger partial charge in [0, 0.05) is 60.6 Å². The number of fused-ring (bicyclic) bond motifs is 4. The minimum atomic E-state index is -1.15. The van der Waals surface area contributed by atoms with E-state index in [4.69, 9.17) is 23.9 Å². The Labute approximate surface area is 441 Å². The highest BCUT2D eigenvalue weighted by atomic mass is 16.6. The number of aromatic nitrogens is 4. The number of imide groups is 2. The maximum absolute atomic E-state index is 13.4. The molecule has 402 valence electrons. The molecule has 2 aliphatic heterocycles. The molecule has 0 bridgehead atoms. The molecule has 1 unspecified atom stereocenters. The molecule has 0 spiro atoms. The number of nitrogens with one attached hydrogen (secondary N) is 6. The maximum atomic E-state index is 13.4. The number of hydrogen-bond acceptors (Lipinski definition) is 15. The van der Waals surface area contributed by atoms with Gasteiger partial charge in [0.25, 0.3) is 11.8 Å². The first kappa shape index (κ1) is 53.8. The number of rotatable bonds is 26. The minimum Gasteiger partial charge on any atom is -0.377 e. The zero-order chi connectivity index (χ0) is 53.7. The van der Waals surface area contributed by atoms with E-state index in [-0.39, 0.29) is 85.2 Å². The van der Waals surface area contributed by atoms with Crippen molar-refractivity contribution in [1.82, 2.24) is 45.7 Å². The van der Waals surface area contributed by atoms with E-state index in [1.54, 1.807) is 6.20 Å². The molecule has 3 aromatic heterocycles. The van der Waals surface area contributed by atoms with E-state index >= 15 is 0 Å². The van der Waals surface area contributed by atoms with Gasteiger partial charge in [0.1, 0.15) is 6.04 Å². The summed E-state index contributed by atoms with van der Waals surface area (Å²) in [7, 11) is 0. The third kappa shape index (κ3) is 12.8. The van der Waals surface area contributed by atoms with Crippen LogP contribution in [0.15, 0.2) is 95.9 Å². The lowest BCUT2D eigenvalue weighted by molar-refractivity contribution is -0.131. The smallest absolute Gasteiger partial charge is 0.347 e. The summed E-state index contributed by atoms with van der Waals surface area (Å²) in [5.41, 5.74) is 5.49. The molecule has 7 amide bonds. The molecule has 9 rings (SSSR count). The topological polar surface area (TPSA) is 283 Å². The summed E-state index contributed by atoms with van der Waals surface area (Å²) in [6, 6.07) is 25.5. The fraction of sp³-hybridized carbons (Fsp3) is 0.382. The van der Waals surface area contributed by atoms with Gasteiger partial charge in [0.05, 0.1) is 87.4 Å². The predicted octanol–water partition coefficient (Wildman–Crippen LogP) is 3.38. The number of H-pyrrole nitrogens is 1. The Kier molecular flexibility index (Phi) is 17.6. The van der Waals surface area contributed by atoms with E-state index in [1.165, 1.54) is 22.6 Å². The minimum absolute atomic E-state index is 0.0333. The molecule has 1 atom stereocenters. The van der Waals surface area contributed by atoms with Gasteiger partial charge in [-0.25, -0.2) is 19.3 Å². The zero-order valence-corrected chi connectivity index (χ0v) is 42.4. The molecule has 77 heavy (non-hydrogen) atoms. The first-order chi connectivity index (χ1) is 37.5. The molecular formula is C55H60N10O12. The first-order valence-corrected chi connectivity index (χ1v) is 25.8. The van der Waals surface area contributed by atoms with Crippen LogP contribution < -0.4 is 32.3 Å². The highest BCUT2D eigenvalue weighted by Gasteiger charge is 2.45. The van der Waals surface area contributed by atoms with Gasteiger partial charge in [-0.2, -0.15) is 5.10 Å². The number of nitrogens with zero attached hydrogens (tertiary/aromatic N) is 4. The first-order valence-electron chi connectivity index (χ1n) is 25.8. The Morgan fingerprint density at radius 1 is 0.688 bits per heavy atom. The Balaban J connectivity index is 0.591. The summed E-state index contributed by atoms with van der Waals surface area (Å²) in [6.45, 7) is 3.35. The predicted molar refractivity (Wildman–Crippen MR) is 280 cm³/mol. The van der Waals surface area contributed by atoms with Gasteiger partial charge < -0.3 is 34.9 Å². The van der Waals surface area contributed by atoms with Gasteiger partial charge in [-0.05, 0) is 67.5 Å². The van der Waals surface area contributed by atoms with Crippen LogP contribution >= 0.6 is 0 Å². The maximum Gasteiger partial charge on any atom is 0.347 e. The molecule has 6 aromatic rings. The van der Waals surface area contributed by atoms with Crippen LogP contribution in [0.4, 0.5) is 5.69 Å². The molecule has 0 radical (unpaired) electrons. The summed E-state index contributed by atoms with van der Waals surface area (Å²) in [6.07, 6.45) is 4.80. The average molecular weight is 1050 g/mol. The number of ether oxygens (including phenoxy) is 4. The van der Waals surface area contributed by atoms with Crippen molar-refractivity contribution in [1.29, 1.82) is 0 Å². The second-order valence-electron chi connectivity index (χ2n) is 18.8. The second-order valence-corrected chi connectivity index (χ2v) is 18.8. The van der Waals surface area contributed by atoms with Crippen molar-refractivity contribution in [2.75, 3.05) is 77.8 Å². The number of anilines is 1. The molecule has 6 N–H and O–H groups in total. The molecule has 3 aromatic carbocycles. The molecule has 2 fully saturated rings. The third-order valence-electron chi connectivity index (χ3n) is 13.8. The van der Waals surface area contributed by atoms with Crippen LogP contribution in [-0.4, -0.2) is 144 Å². The van der Waals surface area contributed by atoms with Gasteiger partial charge in [0.15, 0.2) is 5.65 Å². The van der Waals surface area contributed by atoms with E-state index in [9.17, 15) is 38.4 Å². The largest absolute Gasteiger partial charge is 0.377 e. The third-order valence-corrected chi connectivity index (χ3v) is 13.8. The Morgan fingerprint density at radius 2 is 1.36 bits per heavy atom. The van der Waals surface area contributed by atoms with Crippen molar-refractivity contribution in [3.8, 4) is 22.4 Å². The molecular weight excluding hydrogens is 993 g/mol. The molecule has 1 saturated carbocycles. The van der Waals surface area contributed by atoms with E-state index in [1.807, 2.05) is 42.5 Å². The molecule has 22 nitrogen and oxygen atoms in total. The fourth-order valence-corrected chi connectivity index (χ4v) is 9.65. The lowest BCUT2D eigenvalue weighted by atomic mass is 9.71. The van der Waals surface area contributed by atoms with Crippen molar-refractivity contribution >= 4 is 63.6 Å². The van der Waals surface area contributed by atoms with Gasteiger partial charge in [-0.1, -0.05) is 60.7 Å². The van der Waals surface area contributed by atoms with Gasteiger partial charge in [-0.3, -0.25) is 49.1 Å². The summed E-state index contributed by atoms with van der Waals surface area (Å²) < 4.78 is 23.7. The number of amides is 7. The summed E-state index contributed by atoms with van der Waals surface area (Å²) in [5.74, 6) is -3.67. The number of carbonyl (C=O) groups excluding carboxylic acids is 7. The fourth-order valence-electron chi connectivity index (χ4n) is 9.65. The molecule has 3 aliphatic rings. The normalized spacial score (nSPS) is 16.0. The van der Waals surface area contributed by atoms with Crippen LogP contribution in [0.5, 0.6) is 0 Å². The standard InChI is InChI=1S/C55H60N10O12/c66-44(17-18-46(68)59-42-10-4-9-38-48(42)53(72)65(52(38)71)43-11-5-12-45(67)61-51(43)70)56-22-25-74-27-29-76-31-32-77-30-28-75-26-23-57-47(69)34-58-55(20-6-21-55)37-15-13-36(14-16-37)49-39(35-7-2-1-3-8-35)33-40-41(60-49)19-24-64-50(40)62-63-54(64)73/h1-4,7-10,13-16,19,24,33,43,58H,5-6,11-12,17-18,20-23,25-32,34H2,(H,56,66)(H,57,69)(H,59,68)(H,63,73)(H,61,67,70). The summed E-state index contributed by atoms with van der Waals surface area (Å²) >= 11 is 0. The van der Waals surface area contributed by atoms with Crippen LogP contribution in [0.1, 0.15) is 77.6 Å². The van der Waals surface area contributed by atoms with Crippen molar-refractivity contribution < 1.29 is 52.5 Å². The Hall–Kier alpha value is -8.02. The van der Waals surface area contributed by atoms with Crippen molar-refractivity contribution in [2.24, 2.45) is 0 Å². The van der Waals surface area contributed by atoms with Crippen LogP contribution in [0, 0.1) is 0 Å². The number of benzene rings is 3. The van der Waals surface area contributed by atoms with Gasteiger partial charge in [-0.15, -0.1) is 0 Å². The zero-order valence-electron chi connectivity index (χ0n) is 42.4. The van der Waals surface area contributed by atoms with Crippen molar-refractivity contribution in [3.05, 3.63) is 118 Å². The lowest BCUT2D eigenvalue weighted by Crippen LogP contribution is -2.51. The van der Waals surface area contributed by atoms with Gasteiger partial charge in [0.2, 0.25) is 29.5 Å². The number of carbonyl (C=O) groups is 7. The number of pyridine rings is 2. The van der Waals surface area contributed by atoms with E-state index in [2.05, 4.69) is 61.0 Å². The second kappa shape index (κ2) is 25.2. The van der Waals surface area contributed by atoms with Crippen molar-refractivity contribution in [2.45, 2.75) is 62.9 Å². The molecule has 5 heterocycles. The highest BCUT2D eigenvalue weighted by molar-refractivity contribution is 6.26. The Bertz CT molecular complexity index is 3210. The quantitative estimate of drug-likeness (QED) is 0.0336. The number of hydrogen-bond donors (Lipinski definition) is 6. The molecule has 1 saturated heterocycles. The highest BCUT2D eigenvalue weighted by Crippen LogP contribution is 2.42. The Morgan fingerprint density at radius 3 is 2.05 bits per heavy atom. The molecule has 22 heteroatoms. The van der Waals surface area contributed by atoms with Crippen LogP contribution in [-0.2, 0) is 48.5 Å². The average Bonchev–Trinajstić information content (AvgIpc) is 3.90. The van der Waals surface area contributed by atoms with Crippen LogP contribution in [0.3, 0.4) is 0 Å². The monoisotopic (exact) mass is 1050 g/mol. The SMILES string of the molecule is O=C(CCC(=O)Nc1cccc2c1C(=O)N(C1CCCC(=O)NC1=O)C2=O)NCCOCCOCCOCCOCCNC(=O)CNC1(c2ccc(-c3nc4ccn5c(=O)[nH]nc5c4cc3-c3ccccc3)cc2)CCC1. The molecule has 1 aliphatic carbocycles. The lowest BCUT2D eigenvalue weighted by Gasteiger charge is -2.43. The van der Waals surface area contributed by atoms with E-state index < -0.39 is 35.6 Å². The van der Waals surface area contributed by atoms with Crippen LogP contribution in [0.2, 0.25) is 0 Å². The van der Waals surface area contributed by atoms with Crippen LogP contribution in [0.25, 0.3) is 38.9 Å². The summed E-state index contributed by atoms with van der Waals surface area (Å²) in [4.78, 5) is 107. The number of aromatic amines is 1. The van der Waals surface area contributed by atoms with Gasteiger partial charge >= 0.3 is 5.69 Å². The van der Waals surface area contributed by atoms with E-state index in [0.717, 1.165) is 63.0 Å². The summed E-state index contributed by atoms with van der Waals surface area (Å²) in [5, 5.41) is 21.5. The van der Waals surface area contributed by atoms with Crippen molar-refractivity contribution in [3.63, 3.8) is 0 Å². The van der Waals surface area contributed by atoms with E-state index in [0.29, 0.717) is 64.9 Å².